The molecule has 4 nitrogen and oxygen atoms in total. The summed E-state index contributed by atoms with van der Waals surface area (Å²) in [6.45, 7) is 0. The molecule has 124 valence electrons. The summed E-state index contributed by atoms with van der Waals surface area (Å²) in [7, 11) is 1.65. The molecule has 0 radical (unpaired) electrons. The molecule has 4 rings (SSSR count). The molecule has 0 saturated heterocycles. The van der Waals surface area contributed by atoms with Crippen LogP contribution in [0.25, 0.3) is 22.4 Å². The zero-order valence-corrected chi connectivity index (χ0v) is 14.5. The first kappa shape index (κ1) is 15.6. The molecular weight excluding hydrogens is 332 g/mol. The molecule has 25 heavy (non-hydrogen) atoms. The minimum absolute atomic E-state index is 0.143. The monoisotopic (exact) mass is 348 g/mol. The number of methoxy groups -OCH3 is 1. The van der Waals surface area contributed by atoms with Crippen molar-refractivity contribution in [3.05, 3.63) is 70.4 Å². The Morgan fingerprint density at radius 3 is 2.72 bits per heavy atom. The van der Waals surface area contributed by atoms with Gasteiger partial charge in [0.25, 0.3) is 0 Å². The number of ether oxygens (including phenoxy) is 1. The van der Waals surface area contributed by atoms with Crippen molar-refractivity contribution in [2.24, 2.45) is 0 Å². The van der Waals surface area contributed by atoms with E-state index in [-0.39, 0.29) is 5.78 Å². The number of thiophene rings is 1. The van der Waals surface area contributed by atoms with Crippen LogP contribution in [0.3, 0.4) is 0 Å². The van der Waals surface area contributed by atoms with E-state index in [2.05, 4.69) is 9.97 Å². The van der Waals surface area contributed by atoms with Crippen molar-refractivity contribution in [2.75, 3.05) is 7.11 Å². The molecule has 0 aliphatic carbocycles. The number of aromatic nitrogens is 2. The van der Waals surface area contributed by atoms with Crippen LogP contribution in [-0.2, 0) is 6.42 Å². The van der Waals surface area contributed by atoms with E-state index in [4.69, 9.17) is 4.74 Å². The van der Waals surface area contributed by atoms with Crippen LogP contribution < -0.4 is 4.74 Å². The molecular formula is C20H16N2O2S. The van der Waals surface area contributed by atoms with E-state index >= 15 is 0 Å². The molecule has 2 aromatic carbocycles. The van der Waals surface area contributed by atoms with Gasteiger partial charge in [-0.1, -0.05) is 12.1 Å². The highest BCUT2D eigenvalue weighted by Gasteiger charge is 2.10. The molecule has 0 fully saturated rings. The quantitative estimate of drug-likeness (QED) is 0.531. The van der Waals surface area contributed by atoms with Crippen molar-refractivity contribution in [1.82, 2.24) is 9.97 Å². The van der Waals surface area contributed by atoms with Crippen molar-refractivity contribution in [3.63, 3.8) is 0 Å². The highest BCUT2D eigenvalue weighted by atomic mass is 32.1. The summed E-state index contributed by atoms with van der Waals surface area (Å²) in [6, 6.07) is 17.4. The molecule has 0 aliphatic heterocycles. The molecule has 0 bridgehead atoms. The summed E-state index contributed by atoms with van der Waals surface area (Å²) in [5.41, 5.74) is 3.80. The number of fused-ring (bicyclic) bond motifs is 1. The van der Waals surface area contributed by atoms with Crippen LogP contribution in [0.15, 0.2) is 60.0 Å². The highest BCUT2D eigenvalue weighted by Crippen LogP contribution is 2.24. The molecule has 0 aliphatic rings. The third-order valence-electron chi connectivity index (χ3n) is 4.07. The Morgan fingerprint density at radius 1 is 1.16 bits per heavy atom. The Kier molecular flexibility index (Phi) is 4.07. The summed E-state index contributed by atoms with van der Waals surface area (Å²) in [6.07, 6.45) is 0.396. The second-order valence-electron chi connectivity index (χ2n) is 5.74. The van der Waals surface area contributed by atoms with Crippen LogP contribution >= 0.6 is 11.3 Å². The van der Waals surface area contributed by atoms with E-state index in [1.165, 1.54) is 11.3 Å². The molecule has 0 amide bonds. The molecule has 0 saturated carbocycles. The Hall–Kier alpha value is -2.92. The Bertz CT molecular complexity index is 1020. The lowest BCUT2D eigenvalue weighted by Crippen LogP contribution is -2.00. The zero-order chi connectivity index (χ0) is 17.2. The number of nitrogens with zero attached hydrogens (tertiary/aromatic N) is 1. The van der Waals surface area contributed by atoms with Crippen LogP contribution in [0.2, 0.25) is 0 Å². The molecule has 0 atom stereocenters. The minimum Gasteiger partial charge on any atom is -0.497 e. The van der Waals surface area contributed by atoms with Crippen molar-refractivity contribution in [3.8, 4) is 17.1 Å². The summed E-state index contributed by atoms with van der Waals surface area (Å²) in [5, 5.41) is 1.92. The number of aromatic amines is 1. The van der Waals surface area contributed by atoms with Gasteiger partial charge in [0.1, 0.15) is 11.6 Å². The smallest absolute Gasteiger partial charge is 0.177 e. The van der Waals surface area contributed by atoms with E-state index in [9.17, 15) is 4.79 Å². The van der Waals surface area contributed by atoms with Crippen LogP contribution in [0.1, 0.15) is 15.2 Å². The van der Waals surface area contributed by atoms with Crippen LogP contribution in [-0.4, -0.2) is 22.9 Å². The van der Waals surface area contributed by atoms with Gasteiger partial charge in [-0.25, -0.2) is 4.98 Å². The average Bonchev–Trinajstić information content (AvgIpc) is 3.31. The molecule has 2 aromatic heterocycles. The second kappa shape index (κ2) is 6.53. The van der Waals surface area contributed by atoms with E-state index in [0.29, 0.717) is 6.42 Å². The van der Waals surface area contributed by atoms with Crippen molar-refractivity contribution < 1.29 is 9.53 Å². The van der Waals surface area contributed by atoms with Gasteiger partial charge < -0.3 is 9.72 Å². The molecule has 4 aromatic rings. The predicted octanol–water partition coefficient (Wildman–Crippen LogP) is 4.73. The number of ketones is 1. The van der Waals surface area contributed by atoms with Gasteiger partial charge in [0.05, 0.1) is 23.0 Å². The van der Waals surface area contributed by atoms with E-state index in [1.54, 1.807) is 7.11 Å². The summed E-state index contributed by atoms with van der Waals surface area (Å²) in [5.74, 6) is 1.76. The molecule has 0 spiro atoms. The summed E-state index contributed by atoms with van der Waals surface area (Å²) >= 11 is 1.48. The fourth-order valence-electron chi connectivity index (χ4n) is 2.76. The third-order valence-corrected chi connectivity index (χ3v) is 4.98. The minimum atomic E-state index is 0.143. The predicted molar refractivity (Wildman–Crippen MR) is 100 cm³/mol. The second-order valence-corrected chi connectivity index (χ2v) is 6.69. The number of Topliss-reactive ketones (excluding diaryl/α,β-unsaturated/α-hetero) is 1. The summed E-state index contributed by atoms with van der Waals surface area (Å²) in [4.78, 5) is 21.0. The topological polar surface area (TPSA) is 55.0 Å². The fourth-order valence-corrected chi connectivity index (χ4v) is 3.43. The highest BCUT2D eigenvalue weighted by molar-refractivity contribution is 7.12. The molecule has 1 N–H and O–H groups in total. The Labute approximate surface area is 149 Å². The maximum Gasteiger partial charge on any atom is 0.177 e. The fraction of sp³-hybridized carbons (Fsp3) is 0.100. The van der Waals surface area contributed by atoms with Gasteiger partial charge in [-0.2, -0.15) is 0 Å². The van der Waals surface area contributed by atoms with Gasteiger partial charge in [0.15, 0.2) is 5.78 Å². The molecule has 2 heterocycles. The maximum absolute atomic E-state index is 12.3. The number of benzene rings is 2. The molecule has 5 heteroatoms. The van der Waals surface area contributed by atoms with Gasteiger partial charge in [0, 0.05) is 12.0 Å². The van der Waals surface area contributed by atoms with Gasteiger partial charge in [-0.05, 0) is 53.4 Å². The maximum atomic E-state index is 12.3. The van der Waals surface area contributed by atoms with Crippen molar-refractivity contribution >= 4 is 28.2 Å². The van der Waals surface area contributed by atoms with Crippen LogP contribution in [0.4, 0.5) is 0 Å². The zero-order valence-electron chi connectivity index (χ0n) is 13.7. The number of imidazole rings is 1. The van der Waals surface area contributed by atoms with Crippen molar-refractivity contribution in [1.29, 1.82) is 0 Å². The molecule has 0 unspecified atom stereocenters. The first-order valence-electron chi connectivity index (χ1n) is 7.93. The van der Waals surface area contributed by atoms with E-state index < -0.39 is 0 Å². The third kappa shape index (κ3) is 3.19. The lowest BCUT2D eigenvalue weighted by Gasteiger charge is -2.00. The Balaban J connectivity index is 1.61. The van der Waals surface area contributed by atoms with Gasteiger partial charge in [0.2, 0.25) is 0 Å². The summed E-state index contributed by atoms with van der Waals surface area (Å²) < 4.78 is 5.19. The Morgan fingerprint density at radius 2 is 2.00 bits per heavy atom. The van der Waals surface area contributed by atoms with E-state index in [1.807, 2.05) is 60.0 Å². The number of hydrogen-bond donors (Lipinski definition) is 1. The van der Waals surface area contributed by atoms with E-state index in [0.717, 1.165) is 38.6 Å². The lowest BCUT2D eigenvalue weighted by atomic mass is 10.1. The number of H-pyrrole nitrogens is 1. The SMILES string of the molecule is COc1ccc(-c2nc3ccc(CC(=O)c4cccs4)cc3[nH]2)cc1. The van der Waals surface area contributed by atoms with Crippen LogP contribution in [0, 0.1) is 0 Å². The number of rotatable bonds is 5. The van der Waals surface area contributed by atoms with Gasteiger partial charge >= 0.3 is 0 Å². The average molecular weight is 348 g/mol. The van der Waals surface area contributed by atoms with Gasteiger partial charge in [-0.15, -0.1) is 11.3 Å². The van der Waals surface area contributed by atoms with Gasteiger partial charge in [-0.3, -0.25) is 4.79 Å². The van der Waals surface area contributed by atoms with Crippen molar-refractivity contribution in [2.45, 2.75) is 6.42 Å². The largest absolute Gasteiger partial charge is 0.497 e. The number of hydrogen-bond acceptors (Lipinski definition) is 4. The first-order chi connectivity index (χ1) is 12.2. The number of nitrogens with one attached hydrogen (secondary N) is 1. The first-order valence-corrected chi connectivity index (χ1v) is 8.81. The number of carbonyl (C=O) groups excluding carboxylic acids is 1. The lowest BCUT2D eigenvalue weighted by molar-refractivity contribution is 0.0997. The van der Waals surface area contributed by atoms with Crippen LogP contribution in [0.5, 0.6) is 5.75 Å². The normalized spacial score (nSPS) is 10.9. The number of carbonyl (C=O) groups is 1. The standard InChI is InChI=1S/C20H16N2O2S/c1-24-15-7-5-14(6-8-15)20-21-16-9-4-13(11-17(16)22-20)12-18(23)19-3-2-10-25-19/h2-11H,12H2,1H3,(H,21,22).